The molecule has 0 saturated heterocycles. The Morgan fingerprint density at radius 3 is 2.50 bits per heavy atom. The number of nitrogens with zero attached hydrogens (tertiary/aromatic N) is 1. The summed E-state index contributed by atoms with van der Waals surface area (Å²) < 4.78 is 27.4. The van der Waals surface area contributed by atoms with E-state index < -0.39 is 10.0 Å². The van der Waals surface area contributed by atoms with E-state index in [1.54, 1.807) is 19.1 Å². The molecule has 0 aliphatic carbocycles. The second-order valence-electron chi connectivity index (χ2n) is 5.37. The molecule has 0 fully saturated rings. The molecular weight excluding hydrogens is 399 g/mol. The first-order chi connectivity index (χ1) is 12.3. The van der Waals surface area contributed by atoms with Crippen LogP contribution >= 0.6 is 23.2 Å². The smallest absolute Gasteiger partial charge is 0.261 e. The molecular formula is C17H18Cl2N2O4S. The number of hydrogen-bond acceptors (Lipinski definition) is 4. The van der Waals surface area contributed by atoms with Crippen LogP contribution in [-0.2, 0) is 10.0 Å². The fourth-order valence-corrected chi connectivity index (χ4v) is 3.72. The van der Waals surface area contributed by atoms with Crippen molar-refractivity contribution in [3.63, 3.8) is 0 Å². The number of likely N-dealkylation sites (N-methyl/N-ethyl adjacent to an activating group) is 1. The van der Waals surface area contributed by atoms with E-state index >= 15 is 0 Å². The third-order valence-corrected chi connectivity index (χ3v) is 5.72. The number of nitrogens with one attached hydrogen (secondary N) is 1. The van der Waals surface area contributed by atoms with Crippen LogP contribution < -0.4 is 4.72 Å². The van der Waals surface area contributed by atoms with Crippen molar-refractivity contribution in [3.05, 3.63) is 58.1 Å². The number of anilines is 1. The molecule has 0 aliphatic rings. The third kappa shape index (κ3) is 4.88. The molecule has 9 heteroatoms. The van der Waals surface area contributed by atoms with Crippen LogP contribution in [0.5, 0.6) is 0 Å². The molecule has 0 radical (unpaired) electrons. The summed E-state index contributed by atoms with van der Waals surface area (Å²) in [6.07, 6.45) is 0. The van der Waals surface area contributed by atoms with Gasteiger partial charge in [-0.15, -0.1) is 0 Å². The van der Waals surface area contributed by atoms with Crippen LogP contribution in [0.3, 0.4) is 0 Å². The van der Waals surface area contributed by atoms with E-state index in [-0.39, 0.29) is 39.7 Å². The normalized spacial score (nSPS) is 11.2. The first-order valence-corrected chi connectivity index (χ1v) is 10.0. The van der Waals surface area contributed by atoms with Gasteiger partial charge in [-0.05, 0) is 43.3 Å². The molecule has 1 amide bonds. The van der Waals surface area contributed by atoms with Gasteiger partial charge in [0.1, 0.15) is 0 Å². The summed E-state index contributed by atoms with van der Waals surface area (Å²) in [6, 6.07) is 10.1. The third-order valence-electron chi connectivity index (χ3n) is 3.60. The van der Waals surface area contributed by atoms with E-state index in [1.165, 1.54) is 35.2 Å². The number of carbonyl (C=O) groups is 1. The average molecular weight is 417 g/mol. The second kappa shape index (κ2) is 8.73. The second-order valence-corrected chi connectivity index (χ2v) is 7.87. The van der Waals surface area contributed by atoms with Crippen LogP contribution in [0.25, 0.3) is 0 Å². The van der Waals surface area contributed by atoms with Gasteiger partial charge >= 0.3 is 0 Å². The van der Waals surface area contributed by atoms with Crippen molar-refractivity contribution in [2.75, 3.05) is 24.4 Å². The molecule has 140 valence electrons. The van der Waals surface area contributed by atoms with Gasteiger partial charge in [-0.2, -0.15) is 0 Å². The molecule has 0 spiro atoms. The first-order valence-electron chi connectivity index (χ1n) is 7.76. The van der Waals surface area contributed by atoms with Crippen LogP contribution in [0.1, 0.15) is 17.3 Å². The van der Waals surface area contributed by atoms with Crippen LogP contribution in [0, 0.1) is 0 Å². The molecule has 26 heavy (non-hydrogen) atoms. The highest BCUT2D eigenvalue weighted by Gasteiger charge is 2.18. The lowest BCUT2D eigenvalue weighted by molar-refractivity contribution is 0.0732. The van der Waals surface area contributed by atoms with Crippen molar-refractivity contribution in [2.24, 2.45) is 0 Å². The van der Waals surface area contributed by atoms with Crippen molar-refractivity contribution in [3.8, 4) is 0 Å². The van der Waals surface area contributed by atoms with E-state index in [4.69, 9.17) is 28.3 Å². The van der Waals surface area contributed by atoms with Crippen molar-refractivity contribution in [1.29, 1.82) is 0 Å². The molecule has 2 aromatic carbocycles. The Balaban J connectivity index is 2.27. The van der Waals surface area contributed by atoms with E-state index in [2.05, 4.69) is 4.72 Å². The number of hydrogen-bond donors (Lipinski definition) is 2. The Morgan fingerprint density at radius 1 is 1.15 bits per heavy atom. The molecule has 0 aliphatic heterocycles. The lowest BCUT2D eigenvalue weighted by Gasteiger charge is -2.20. The van der Waals surface area contributed by atoms with Gasteiger partial charge in [-0.3, -0.25) is 9.52 Å². The maximum absolute atomic E-state index is 12.5. The van der Waals surface area contributed by atoms with E-state index in [1.807, 2.05) is 0 Å². The van der Waals surface area contributed by atoms with Gasteiger partial charge in [0, 0.05) is 24.3 Å². The minimum absolute atomic E-state index is 0.0425. The number of halogens is 2. The van der Waals surface area contributed by atoms with Gasteiger partial charge in [-0.25, -0.2) is 8.42 Å². The zero-order valence-corrected chi connectivity index (χ0v) is 16.3. The predicted molar refractivity (Wildman–Crippen MR) is 102 cm³/mol. The summed E-state index contributed by atoms with van der Waals surface area (Å²) in [6.45, 7) is 2.28. The van der Waals surface area contributed by atoms with Crippen molar-refractivity contribution in [2.45, 2.75) is 11.8 Å². The summed E-state index contributed by atoms with van der Waals surface area (Å²) in [5.41, 5.74) is 0.552. The van der Waals surface area contributed by atoms with Gasteiger partial charge in [0.25, 0.3) is 15.9 Å². The number of carbonyl (C=O) groups excluding carboxylic acids is 1. The molecule has 0 unspecified atom stereocenters. The average Bonchev–Trinajstić information content (AvgIpc) is 2.61. The van der Waals surface area contributed by atoms with Gasteiger partial charge in [0.05, 0.1) is 21.5 Å². The number of aliphatic hydroxyl groups excluding tert-OH is 1. The maximum atomic E-state index is 12.5. The lowest BCUT2D eigenvalue weighted by Crippen LogP contribution is -2.33. The minimum Gasteiger partial charge on any atom is -0.395 e. The summed E-state index contributed by atoms with van der Waals surface area (Å²) >= 11 is 11.7. The van der Waals surface area contributed by atoms with Crippen LogP contribution in [0.15, 0.2) is 47.4 Å². The highest BCUT2D eigenvalue weighted by molar-refractivity contribution is 7.92. The topological polar surface area (TPSA) is 86.7 Å². The van der Waals surface area contributed by atoms with E-state index in [0.29, 0.717) is 12.1 Å². The molecule has 0 heterocycles. The monoisotopic (exact) mass is 416 g/mol. The predicted octanol–water partition coefficient (Wildman–Crippen LogP) is 3.25. The fourth-order valence-electron chi connectivity index (χ4n) is 2.28. The van der Waals surface area contributed by atoms with Gasteiger partial charge in [-0.1, -0.05) is 29.3 Å². The van der Waals surface area contributed by atoms with Crippen molar-refractivity contribution in [1.82, 2.24) is 4.90 Å². The van der Waals surface area contributed by atoms with E-state index in [9.17, 15) is 13.2 Å². The number of amides is 1. The summed E-state index contributed by atoms with van der Waals surface area (Å²) in [7, 11) is -3.89. The Kier molecular flexibility index (Phi) is 6.88. The SMILES string of the molecule is CCN(CCO)C(=O)c1cccc(NS(=O)(=O)c2ccc(Cl)c(Cl)c2)c1. The van der Waals surface area contributed by atoms with Gasteiger partial charge in [0.2, 0.25) is 0 Å². The Labute approximate surface area is 162 Å². The highest BCUT2D eigenvalue weighted by Crippen LogP contribution is 2.26. The van der Waals surface area contributed by atoms with E-state index in [0.717, 1.165) is 0 Å². The molecule has 0 atom stereocenters. The fraction of sp³-hybridized carbons (Fsp3) is 0.235. The van der Waals surface area contributed by atoms with Crippen molar-refractivity contribution < 1.29 is 18.3 Å². The summed E-state index contributed by atoms with van der Waals surface area (Å²) in [5, 5.41) is 9.41. The zero-order valence-electron chi connectivity index (χ0n) is 13.9. The maximum Gasteiger partial charge on any atom is 0.261 e. The number of sulfonamides is 1. The Hall–Kier alpha value is -1.80. The standard InChI is InChI=1S/C17H18Cl2N2O4S/c1-2-21(8-9-22)17(23)12-4-3-5-13(10-12)20-26(24,25)14-6-7-15(18)16(19)11-14/h3-7,10-11,20,22H,2,8-9H2,1H3. The number of aliphatic hydroxyl groups is 1. The first kappa shape index (κ1) is 20.5. The van der Waals surface area contributed by atoms with Crippen LogP contribution in [0.2, 0.25) is 10.0 Å². The van der Waals surface area contributed by atoms with Crippen LogP contribution in [0.4, 0.5) is 5.69 Å². The summed E-state index contributed by atoms with van der Waals surface area (Å²) in [4.78, 5) is 13.9. The molecule has 0 bridgehead atoms. The van der Waals surface area contributed by atoms with Gasteiger partial charge in [0.15, 0.2) is 0 Å². The molecule has 6 nitrogen and oxygen atoms in total. The quantitative estimate of drug-likeness (QED) is 0.724. The van der Waals surface area contributed by atoms with Crippen molar-refractivity contribution >= 4 is 44.8 Å². The van der Waals surface area contributed by atoms with Crippen LogP contribution in [-0.4, -0.2) is 44.0 Å². The number of benzene rings is 2. The molecule has 2 aromatic rings. The zero-order chi connectivity index (χ0) is 19.3. The summed E-state index contributed by atoms with van der Waals surface area (Å²) in [5.74, 6) is -0.294. The number of rotatable bonds is 7. The largest absolute Gasteiger partial charge is 0.395 e. The Bertz CT molecular complexity index is 903. The Morgan fingerprint density at radius 2 is 1.88 bits per heavy atom. The van der Waals surface area contributed by atoms with Gasteiger partial charge < -0.3 is 10.0 Å². The molecule has 0 saturated carbocycles. The lowest BCUT2D eigenvalue weighted by atomic mass is 10.2. The molecule has 0 aromatic heterocycles. The molecule has 2 N–H and O–H groups in total. The molecule has 2 rings (SSSR count). The minimum atomic E-state index is -3.89. The highest BCUT2D eigenvalue weighted by atomic mass is 35.5.